The molecule has 2 aliphatic rings. The van der Waals surface area contributed by atoms with E-state index >= 15 is 0 Å². The van der Waals surface area contributed by atoms with E-state index in [9.17, 15) is 4.79 Å². The van der Waals surface area contributed by atoms with Gasteiger partial charge < -0.3 is 9.80 Å². The second-order valence-corrected chi connectivity index (χ2v) is 8.00. The third-order valence-electron chi connectivity index (χ3n) is 4.66. The molecule has 4 nitrogen and oxygen atoms in total. The minimum absolute atomic E-state index is 0.223. The predicted octanol–water partition coefficient (Wildman–Crippen LogP) is 2.44. The van der Waals surface area contributed by atoms with Crippen LogP contribution in [-0.4, -0.2) is 69.9 Å². The van der Waals surface area contributed by atoms with Crippen molar-refractivity contribution in [2.24, 2.45) is 0 Å². The van der Waals surface area contributed by atoms with Crippen molar-refractivity contribution in [3.05, 3.63) is 35.9 Å². The lowest BCUT2D eigenvalue weighted by molar-refractivity contribution is -0.130. The van der Waals surface area contributed by atoms with Crippen molar-refractivity contribution in [1.82, 2.24) is 14.7 Å². The van der Waals surface area contributed by atoms with Crippen molar-refractivity contribution in [1.29, 1.82) is 0 Å². The molecule has 2 saturated heterocycles. The molecule has 24 heavy (non-hydrogen) atoms. The van der Waals surface area contributed by atoms with Gasteiger partial charge in [0.05, 0.1) is 5.75 Å². The van der Waals surface area contributed by atoms with Crippen molar-refractivity contribution in [2.45, 2.75) is 19.4 Å². The zero-order valence-electron chi connectivity index (χ0n) is 14.0. The molecule has 0 spiro atoms. The highest BCUT2D eigenvalue weighted by Crippen LogP contribution is 2.17. The number of benzene rings is 1. The van der Waals surface area contributed by atoms with Crippen molar-refractivity contribution in [3.8, 4) is 0 Å². The number of thiocarbonyl (C=S) groups is 1. The number of hydrogen-bond acceptors (Lipinski definition) is 4. The molecule has 0 N–H and O–H groups in total. The number of carbonyl (C=O) groups is 1. The summed E-state index contributed by atoms with van der Waals surface area (Å²) >= 11 is 6.97. The Balaban J connectivity index is 1.38. The minimum atomic E-state index is 0.223. The van der Waals surface area contributed by atoms with Crippen LogP contribution in [0.2, 0.25) is 0 Å². The Morgan fingerprint density at radius 2 is 1.62 bits per heavy atom. The van der Waals surface area contributed by atoms with Crippen LogP contribution in [0.4, 0.5) is 0 Å². The van der Waals surface area contributed by atoms with E-state index in [4.69, 9.17) is 12.2 Å². The Morgan fingerprint density at radius 1 is 0.958 bits per heavy atom. The van der Waals surface area contributed by atoms with E-state index in [0.717, 1.165) is 50.1 Å². The number of hydrogen-bond donors (Lipinski definition) is 0. The average Bonchev–Trinajstić information content (AvgIpc) is 3.16. The quantitative estimate of drug-likeness (QED) is 0.766. The summed E-state index contributed by atoms with van der Waals surface area (Å²) < 4.78 is 0.892. The Hall–Kier alpha value is -1.11. The lowest BCUT2D eigenvalue weighted by Gasteiger charge is -2.34. The van der Waals surface area contributed by atoms with Crippen LogP contribution < -0.4 is 0 Å². The summed E-state index contributed by atoms with van der Waals surface area (Å²) in [7, 11) is 0. The van der Waals surface area contributed by atoms with Crippen LogP contribution in [0.15, 0.2) is 30.3 Å². The molecule has 1 amide bonds. The highest BCUT2D eigenvalue weighted by molar-refractivity contribution is 8.23. The lowest BCUT2D eigenvalue weighted by Crippen LogP contribution is -2.49. The standard InChI is InChI=1S/C18H25N3OS2/c22-17(15-24-18(23)21-8-4-5-9-21)20-12-10-19(11-13-20)14-16-6-2-1-3-7-16/h1-3,6-7H,4-5,8-15H2. The Morgan fingerprint density at radius 3 is 2.29 bits per heavy atom. The first-order valence-electron chi connectivity index (χ1n) is 8.68. The van der Waals surface area contributed by atoms with Gasteiger partial charge in [-0.25, -0.2) is 0 Å². The molecular formula is C18H25N3OS2. The highest BCUT2D eigenvalue weighted by atomic mass is 32.2. The van der Waals surface area contributed by atoms with Gasteiger partial charge >= 0.3 is 0 Å². The van der Waals surface area contributed by atoms with Crippen LogP contribution in [0.3, 0.4) is 0 Å². The van der Waals surface area contributed by atoms with Gasteiger partial charge in [0.15, 0.2) is 0 Å². The molecule has 0 aromatic heterocycles. The van der Waals surface area contributed by atoms with Crippen LogP contribution in [0.5, 0.6) is 0 Å². The van der Waals surface area contributed by atoms with Crippen molar-refractivity contribution >= 4 is 34.2 Å². The fourth-order valence-electron chi connectivity index (χ4n) is 3.20. The van der Waals surface area contributed by atoms with E-state index in [-0.39, 0.29) is 5.91 Å². The van der Waals surface area contributed by atoms with E-state index in [1.54, 1.807) is 0 Å². The summed E-state index contributed by atoms with van der Waals surface area (Å²) in [6, 6.07) is 10.5. The number of likely N-dealkylation sites (tertiary alicyclic amines) is 1. The van der Waals surface area contributed by atoms with Gasteiger partial charge in [0.25, 0.3) is 0 Å². The van der Waals surface area contributed by atoms with Crippen LogP contribution >= 0.6 is 24.0 Å². The summed E-state index contributed by atoms with van der Waals surface area (Å²) in [4.78, 5) is 19.0. The van der Waals surface area contributed by atoms with Crippen LogP contribution in [0.1, 0.15) is 18.4 Å². The minimum Gasteiger partial charge on any atom is -0.358 e. The molecule has 2 aliphatic heterocycles. The predicted molar refractivity (Wildman–Crippen MR) is 104 cm³/mol. The summed E-state index contributed by atoms with van der Waals surface area (Å²) in [6.45, 7) is 6.61. The fraction of sp³-hybridized carbons (Fsp3) is 0.556. The van der Waals surface area contributed by atoms with E-state index in [1.165, 1.54) is 30.2 Å². The Bertz CT molecular complexity index is 553. The number of carbonyl (C=O) groups excluding carboxylic acids is 1. The number of rotatable bonds is 4. The first-order valence-corrected chi connectivity index (χ1v) is 10.1. The first kappa shape index (κ1) is 17.7. The maximum absolute atomic E-state index is 12.4. The highest BCUT2D eigenvalue weighted by Gasteiger charge is 2.22. The number of thioether (sulfide) groups is 1. The molecule has 0 saturated carbocycles. The van der Waals surface area contributed by atoms with Gasteiger partial charge in [0.2, 0.25) is 5.91 Å². The summed E-state index contributed by atoms with van der Waals surface area (Å²) in [5.41, 5.74) is 1.34. The summed E-state index contributed by atoms with van der Waals surface area (Å²) in [5.74, 6) is 0.703. The third kappa shape index (κ3) is 4.94. The van der Waals surface area contributed by atoms with Gasteiger partial charge in [-0.15, -0.1) is 0 Å². The maximum Gasteiger partial charge on any atom is 0.233 e. The first-order chi connectivity index (χ1) is 11.7. The number of piperazine rings is 1. The van der Waals surface area contributed by atoms with Crippen LogP contribution in [0.25, 0.3) is 0 Å². The molecule has 0 aliphatic carbocycles. The molecule has 3 rings (SSSR count). The molecular weight excluding hydrogens is 338 g/mol. The molecule has 1 aromatic carbocycles. The Labute approximate surface area is 154 Å². The van der Waals surface area contributed by atoms with Crippen LogP contribution in [-0.2, 0) is 11.3 Å². The zero-order valence-corrected chi connectivity index (χ0v) is 15.7. The van der Waals surface area contributed by atoms with Gasteiger partial charge in [-0.05, 0) is 18.4 Å². The van der Waals surface area contributed by atoms with E-state index in [0.29, 0.717) is 5.75 Å². The zero-order chi connectivity index (χ0) is 16.8. The molecule has 0 bridgehead atoms. The maximum atomic E-state index is 12.4. The van der Waals surface area contributed by atoms with E-state index in [2.05, 4.69) is 34.1 Å². The molecule has 6 heteroatoms. The molecule has 130 valence electrons. The molecule has 0 radical (unpaired) electrons. The molecule has 1 aromatic rings. The summed E-state index contributed by atoms with van der Waals surface area (Å²) in [6.07, 6.45) is 2.44. The Kier molecular flexibility index (Phi) is 6.51. The van der Waals surface area contributed by atoms with Crippen molar-refractivity contribution in [2.75, 3.05) is 45.0 Å². The van der Waals surface area contributed by atoms with Gasteiger partial charge in [0, 0.05) is 45.8 Å². The van der Waals surface area contributed by atoms with Crippen LogP contribution in [0, 0.1) is 0 Å². The number of amides is 1. The normalized spacial score (nSPS) is 18.8. The van der Waals surface area contributed by atoms with Crippen molar-refractivity contribution < 1.29 is 4.79 Å². The van der Waals surface area contributed by atoms with E-state index < -0.39 is 0 Å². The van der Waals surface area contributed by atoms with Crippen molar-refractivity contribution in [3.63, 3.8) is 0 Å². The molecule has 0 atom stereocenters. The smallest absolute Gasteiger partial charge is 0.233 e. The molecule has 0 unspecified atom stereocenters. The summed E-state index contributed by atoms with van der Waals surface area (Å²) in [5, 5.41) is 0. The largest absolute Gasteiger partial charge is 0.358 e. The average molecular weight is 364 g/mol. The second-order valence-electron chi connectivity index (χ2n) is 6.39. The number of nitrogens with zero attached hydrogens (tertiary/aromatic N) is 3. The van der Waals surface area contributed by atoms with E-state index in [1.807, 2.05) is 11.0 Å². The van der Waals surface area contributed by atoms with Gasteiger partial charge in [-0.3, -0.25) is 9.69 Å². The van der Waals surface area contributed by atoms with Gasteiger partial charge in [-0.1, -0.05) is 54.3 Å². The molecule has 2 fully saturated rings. The lowest BCUT2D eigenvalue weighted by atomic mass is 10.2. The topological polar surface area (TPSA) is 26.8 Å². The third-order valence-corrected chi connectivity index (χ3v) is 6.17. The molecule has 2 heterocycles. The van der Waals surface area contributed by atoms with Gasteiger partial charge in [0.1, 0.15) is 4.32 Å². The van der Waals surface area contributed by atoms with Gasteiger partial charge in [-0.2, -0.15) is 0 Å². The monoisotopic (exact) mass is 363 g/mol. The second kappa shape index (κ2) is 8.83. The SMILES string of the molecule is O=C(CSC(=S)N1CCCC1)N1CCN(Cc2ccccc2)CC1. The fourth-order valence-corrected chi connectivity index (χ4v) is 4.36.